The number of amides is 3. The van der Waals surface area contributed by atoms with Crippen LogP contribution in [0.5, 0.6) is 0 Å². The topological polar surface area (TPSA) is 136 Å². The van der Waals surface area contributed by atoms with Crippen molar-refractivity contribution < 1.29 is 37.4 Å². The summed E-state index contributed by atoms with van der Waals surface area (Å²) in [4.78, 5) is 47.9. The Bertz CT molecular complexity index is 1740. The summed E-state index contributed by atoms with van der Waals surface area (Å²) in [5.74, 6) is -5.33. The van der Waals surface area contributed by atoms with Crippen molar-refractivity contribution in [2.24, 2.45) is 0 Å². The van der Waals surface area contributed by atoms with Gasteiger partial charge in [-0.3, -0.25) is 19.4 Å². The highest BCUT2D eigenvalue weighted by Crippen LogP contribution is 2.40. The zero-order valence-electron chi connectivity index (χ0n) is 25.4. The van der Waals surface area contributed by atoms with Crippen molar-refractivity contribution in [2.45, 2.75) is 69.2 Å². The number of ether oxygens (including phenoxy) is 1. The van der Waals surface area contributed by atoms with Crippen molar-refractivity contribution in [3.8, 4) is 6.07 Å². The van der Waals surface area contributed by atoms with Crippen LogP contribution in [-0.2, 0) is 19.9 Å². The molecule has 1 aromatic heterocycles. The van der Waals surface area contributed by atoms with Crippen LogP contribution in [0.2, 0.25) is 5.02 Å². The molecule has 3 aromatic rings. The highest BCUT2D eigenvalue weighted by molar-refractivity contribution is 6.31. The van der Waals surface area contributed by atoms with Crippen LogP contribution in [0.3, 0.4) is 0 Å². The zero-order chi connectivity index (χ0) is 34.1. The summed E-state index contributed by atoms with van der Waals surface area (Å²) >= 11 is 6.55. The first kappa shape index (κ1) is 33.7. The van der Waals surface area contributed by atoms with Gasteiger partial charge in [-0.05, 0) is 55.8 Å². The van der Waals surface area contributed by atoms with Gasteiger partial charge in [0.15, 0.2) is 0 Å². The lowest BCUT2D eigenvalue weighted by Crippen LogP contribution is -2.55. The molecule has 1 aliphatic heterocycles. The maximum Gasteiger partial charge on any atom is 0.415 e. The second-order valence-electron chi connectivity index (χ2n) is 12.1. The maximum atomic E-state index is 15.2. The van der Waals surface area contributed by atoms with Crippen molar-refractivity contribution in [1.82, 2.24) is 10.3 Å². The minimum atomic E-state index is -2.95. The minimum Gasteiger partial charge on any atom is -0.449 e. The lowest BCUT2D eigenvalue weighted by Gasteiger charge is -2.39. The Balaban J connectivity index is 1.61. The first-order chi connectivity index (χ1) is 22.2. The van der Waals surface area contributed by atoms with Gasteiger partial charge < -0.3 is 15.2 Å². The van der Waals surface area contributed by atoms with Crippen LogP contribution >= 0.6 is 11.6 Å². The molecule has 2 aliphatic rings. The van der Waals surface area contributed by atoms with E-state index in [9.17, 15) is 33.5 Å². The predicted molar refractivity (Wildman–Crippen MR) is 165 cm³/mol. The van der Waals surface area contributed by atoms with E-state index in [1.807, 2.05) is 6.07 Å². The molecule has 0 unspecified atom stereocenters. The van der Waals surface area contributed by atoms with Gasteiger partial charge in [-0.25, -0.2) is 22.9 Å². The third-order valence-corrected chi connectivity index (χ3v) is 8.39. The number of pyridine rings is 1. The number of nitrogens with zero attached hydrogens (tertiary/aromatic N) is 4. The fraction of sp³-hybridized carbons (Fsp3) is 0.364. The molecule has 2 aromatic carbocycles. The van der Waals surface area contributed by atoms with E-state index in [4.69, 9.17) is 16.3 Å². The third kappa shape index (κ3) is 7.50. The number of anilines is 2. The summed E-state index contributed by atoms with van der Waals surface area (Å²) in [5, 5.41) is 22.8. The molecule has 246 valence electrons. The average molecular weight is 670 g/mol. The van der Waals surface area contributed by atoms with Gasteiger partial charge in [-0.2, -0.15) is 5.26 Å². The van der Waals surface area contributed by atoms with Crippen molar-refractivity contribution in [2.75, 3.05) is 16.4 Å². The number of benzene rings is 2. The van der Waals surface area contributed by atoms with Crippen LogP contribution in [-0.4, -0.2) is 52.6 Å². The van der Waals surface area contributed by atoms with Crippen LogP contribution in [0.15, 0.2) is 60.8 Å². The van der Waals surface area contributed by atoms with Crippen LogP contribution in [0, 0.1) is 17.1 Å². The summed E-state index contributed by atoms with van der Waals surface area (Å²) in [6.45, 7) is 2.79. The Labute approximate surface area is 273 Å². The number of carbonyl (C=O) groups excluding carboxylic acids is 3. The van der Waals surface area contributed by atoms with Gasteiger partial charge in [-0.15, -0.1) is 0 Å². The fourth-order valence-corrected chi connectivity index (χ4v) is 5.90. The van der Waals surface area contributed by atoms with Gasteiger partial charge in [0.05, 0.1) is 29.9 Å². The summed E-state index contributed by atoms with van der Waals surface area (Å²) in [7, 11) is 0. The minimum absolute atomic E-state index is 0.0433. The van der Waals surface area contributed by atoms with Gasteiger partial charge in [0.2, 0.25) is 11.8 Å². The number of halogens is 4. The Morgan fingerprint density at radius 1 is 1.23 bits per heavy atom. The average Bonchev–Trinajstić information content (AvgIpc) is 2.98. The molecule has 1 saturated heterocycles. The highest BCUT2D eigenvalue weighted by atomic mass is 35.5. The first-order valence-corrected chi connectivity index (χ1v) is 15.1. The van der Waals surface area contributed by atoms with Crippen molar-refractivity contribution >= 4 is 41.0 Å². The quantitative estimate of drug-likeness (QED) is 0.295. The molecule has 2 atom stereocenters. The standard InChI is InChI=1S/C33H31ClF3N5O5/c1-32(2,46)20-12-21(35)14-24(13-20)42(29(25-5-3-4-6-26(25)34)30(44)40-22-16-33(36,37)17-22)28(43)15-23-8-10-47-31(45)41(23)27-11-19(18-38)7-9-39-27/h3-7,9,11-14,22-23,29,46H,8,10,15-17H2,1-2H3,(H,40,44)/t23-,29-/m0/s1. The lowest BCUT2D eigenvalue weighted by atomic mass is 9.87. The molecule has 2 N–H and O–H groups in total. The summed E-state index contributed by atoms with van der Waals surface area (Å²) in [6.07, 6.45) is -0.963. The van der Waals surface area contributed by atoms with Crippen LogP contribution in [0.4, 0.5) is 29.5 Å². The smallest absolute Gasteiger partial charge is 0.415 e. The molecule has 47 heavy (non-hydrogen) atoms. The van der Waals surface area contributed by atoms with E-state index in [0.29, 0.717) is 0 Å². The molecule has 0 radical (unpaired) electrons. The van der Waals surface area contributed by atoms with Gasteiger partial charge in [0.1, 0.15) is 17.7 Å². The van der Waals surface area contributed by atoms with Gasteiger partial charge in [0, 0.05) is 54.2 Å². The van der Waals surface area contributed by atoms with E-state index in [1.54, 1.807) is 12.1 Å². The van der Waals surface area contributed by atoms with Crippen LogP contribution in [0.1, 0.15) is 62.3 Å². The van der Waals surface area contributed by atoms with E-state index < -0.39 is 72.6 Å². The SMILES string of the molecule is CC(C)(O)c1cc(F)cc(N(C(=O)C[C@@H]2CCOC(=O)N2c2cc(C#N)ccn2)[C@H](C(=O)NC2CC(F)(F)C2)c2ccccc2Cl)c1. The lowest BCUT2D eigenvalue weighted by molar-refractivity contribution is -0.132. The van der Waals surface area contributed by atoms with Gasteiger partial charge >= 0.3 is 6.09 Å². The Morgan fingerprint density at radius 3 is 2.62 bits per heavy atom. The molecular weight excluding hydrogens is 639 g/mol. The molecule has 2 fully saturated rings. The fourth-order valence-electron chi connectivity index (χ4n) is 5.66. The number of cyclic esters (lactones) is 1. The predicted octanol–water partition coefficient (Wildman–Crippen LogP) is 5.77. The summed E-state index contributed by atoms with van der Waals surface area (Å²) < 4.78 is 47.9. The normalized spacial score (nSPS) is 18.4. The Morgan fingerprint density at radius 2 is 1.96 bits per heavy atom. The number of alkyl halides is 2. The first-order valence-electron chi connectivity index (χ1n) is 14.8. The van der Waals surface area contributed by atoms with Crippen LogP contribution in [0.25, 0.3) is 0 Å². The number of nitriles is 1. The number of aromatic nitrogens is 1. The molecule has 1 aliphatic carbocycles. The van der Waals surface area contributed by atoms with Crippen LogP contribution < -0.4 is 15.1 Å². The molecule has 0 spiro atoms. The number of rotatable bonds is 9. The Hall–Kier alpha value is -4.67. The third-order valence-electron chi connectivity index (χ3n) is 8.05. The molecule has 5 rings (SSSR count). The van der Waals surface area contributed by atoms with Crippen molar-refractivity contribution in [3.63, 3.8) is 0 Å². The molecule has 1 saturated carbocycles. The number of nitrogens with one attached hydrogen (secondary N) is 1. The van der Waals surface area contributed by atoms with E-state index in [0.717, 1.165) is 21.9 Å². The maximum absolute atomic E-state index is 15.2. The zero-order valence-corrected chi connectivity index (χ0v) is 26.2. The molecule has 3 amide bonds. The highest BCUT2D eigenvalue weighted by Gasteiger charge is 2.47. The number of aliphatic hydroxyl groups is 1. The second-order valence-corrected chi connectivity index (χ2v) is 12.5. The second kappa shape index (κ2) is 13.2. The largest absolute Gasteiger partial charge is 0.449 e. The van der Waals surface area contributed by atoms with Crippen molar-refractivity contribution in [1.29, 1.82) is 5.26 Å². The van der Waals surface area contributed by atoms with Gasteiger partial charge in [0.25, 0.3) is 5.92 Å². The van der Waals surface area contributed by atoms with E-state index >= 15 is 4.39 Å². The van der Waals surface area contributed by atoms with E-state index in [2.05, 4.69) is 10.3 Å². The molecule has 2 heterocycles. The monoisotopic (exact) mass is 669 g/mol. The van der Waals surface area contributed by atoms with E-state index in [1.165, 1.54) is 50.4 Å². The van der Waals surface area contributed by atoms with Crippen molar-refractivity contribution in [3.05, 3.63) is 88.3 Å². The number of hydrogen-bond acceptors (Lipinski definition) is 7. The molecule has 0 bridgehead atoms. The molecular formula is C33H31ClF3N5O5. The number of hydrogen-bond donors (Lipinski definition) is 2. The summed E-state index contributed by atoms with van der Waals surface area (Å²) in [5.41, 5.74) is -1.27. The van der Waals surface area contributed by atoms with E-state index in [-0.39, 0.29) is 46.2 Å². The Kier molecular flexibility index (Phi) is 9.47. The summed E-state index contributed by atoms with van der Waals surface area (Å²) in [6, 6.07) is 11.0. The molecule has 14 heteroatoms. The molecule has 10 nitrogen and oxygen atoms in total. The van der Waals surface area contributed by atoms with Gasteiger partial charge in [-0.1, -0.05) is 29.8 Å². The number of carbonyl (C=O) groups is 3.